The minimum absolute atomic E-state index is 0.000371. The Hall–Kier alpha value is -6.52. The number of nitrogens with zero attached hydrogens (tertiary/aromatic N) is 2. The van der Waals surface area contributed by atoms with Crippen molar-refractivity contribution < 1.29 is 4.79 Å². The number of carbonyl (C=O) groups is 1. The zero-order chi connectivity index (χ0) is 34.0. The number of ketones is 1. The van der Waals surface area contributed by atoms with Crippen molar-refractivity contribution in [2.45, 2.75) is 12.0 Å². The molecule has 3 aliphatic carbocycles. The van der Waals surface area contributed by atoms with Crippen molar-refractivity contribution in [2.75, 3.05) is 4.90 Å². The van der Waals surface area contributed by atoms with Gasteiger partial charge in [-0.25, -0.2) is 0 Å². The van der Waals surface area contributed by atoms with Gasteiger partial charge < -0.3 is 9.30 Å². The van der Waals surface area contributed by atoms with Crippen LogP contribution in [0.3, 0.4) is 0 Å². The Kier molecular flexibility index (Phi) is 4.83. The number of Topliss-reactive ketones (excluding diaryl/α,β-unsaturated/α-hetero) is 1. The lowest BCUT2D eigenvalue weighted by Crippen LogP contribution is -2.48. The fourth-order valence-corrected chi connectivity index (χ4v) is 10.6. The molecular weight excluding hydrogens is 637 g/mol. The molecule has 8 aromatic rings. The maximum atomic E-state index is 14.9. The number of fused-ring (bicyclic) bond motifs is 12. The van der Waals surface area contributed by atoms with Crippen LogP contribution >= 0.6 is 0 Å². The first-order valence-electron chi connectivity index (χ1n) is 18.2. The zero-order valence-electron chi connectivity index (χ0n) is 27.9. The minimum Gasteiger partial charge on any atom is -0.332 e. The van der Waals surface area contributed by atoms with Crippen LogP contribution in [0.25, 0.3) is 71.3 Å². The molecule has 4 heteroatoms. The third-order valence-electron chi connectivity index (χ3n) is 12.6. The van der Waals surface area contributed by atoms with Crippen LogP contribution in [0.4, 0.5) is 11.4 Å². The first kappa shape index (κ1) is 27.2. The van der Waals surface area contributed by atoms with Crippen molar-refractivity contribution in [1.82, 2.24) is 4.40 Å². The Morgan fingerprint density at radius 3 is 2.37 bits per heavy atom. The van der Waals surface area contributed by atoms with Crippen LogP contribution in [0.2, 0.25) is 0 Å². The summed E-state index contributed by atoms with van der Waals surface area (Å²) in [5.41, 5.74) is 8.95. The highest BCUT2D eigenvalue weighted by molar-refractivity contribution is 6.22. The lowest BCUT2D eigenvalue weighted by atomic mass is 9.72. The zero-order valence-corrected chi connectivity index (χ0v) is 27.9. The van der Waals surface area contributed by atoms with E-state index in [0.717, 1.165) is 38.9 Å². The molecule has 6 aromatic carbocycles. The molecule has 0 radical (unpaired) electrons. The molecule has 5 aliphatic rings. The number of rotatable bonds is 0. The maximum Gasteiger partial charge on any atom is 0.197 e. The predicted molar refractivity (Wildman–Crippen MR) is 213 cm³/mol. The Balaban J connectivity index is 1.19. The van der Waals surface area contributed by atoms with E-state index in [2.05, 4.69) is 131 Å². The summed E-state index contributed by atoms with van der Waals surface area (Å²) in [5, 5.41) is 9.60. The lowest BCUT2D eigenvalue weighted by Gasteiger charge is -2.48. The van der Waals surface area contributed by atoms with E-state index in [1.54, 1.807) is 0 Å². The second kappa shape index (κ2) is 9.22. The van der Waals surface area contributed by atoms with Crippen molar-refractivity contribution >= 4 is 88.4 Å². The molecule has 13 rings (SSSR count). The molecule has 0 amide bonds. The van der Waals surface area contributed by atoms with Crippen molar-refractivity contribution in [3.05, 3.63) is 172 Å². The number of para-hydroxylation sites is 1. The lowest BCUT2D eigenvalue weighted by molar-refractivity contribution is 0.0932. The van der Waals surface area contributed by atoms with Crippen LogP contribution in [0.5, 0.6) is 0 Å². The van der Waals surface area contributed by atoms with Crippen LogP contribution in [-0.2, 0) is 0 Å². The molecule has 0 saturated heterocycles. The van der Waals surface area contributed by atoms with Crippen LogP contribution in [0, 0.1) is 11.8 Å². The van der Waals surface area contributed by atoms with Crippen LogP contribution in [-0.4, -0.2) is 16.2 Å². The molecule has 2 aromatic heterocycles. The van der Waals surface area contributed by atoms with Gasteiger partial charge >= 0.3 is 0 Å². The standard InChI is InChI=1S/C48H28N2O2/c51-47-33-17-7-15-31-43-29-13-3-1-9-25(29)21-27-11-5-19-37(41(27)43)49(45(31)33)39-23-36-40(24-35(39)47)50-38-20-6-12-28-22-26-10-2-4-14-30(26)44(42(28)38)32-16-8-18-34(46(32)50)48(36)52/h1-25,29,34,46H. The van der Waals surface area contributed by atoms with Gasteiger partial charge in [-0.1, -0.05) is 109 Å². The number of anilines is 2. The average molecular weight is 665 g/mol. The summed E-state index contributed by atoms with van der Waals surface area (Å²) >= 11 is 0. The summed E-state index contributed by atoms with van der Waals surface area (Å²) in [6.45, 7) is 0. The largest absolute Gasteiger partial charge is 0.332 e. The highest BCUT2D eigenvalue weighted by Gasteiger charge is 2.47. The summed E-state index contributed by atoms with van der Waals surface area (Å²) in [6.07, 6.45) is 17.6. The number of pyridine rings is 2. The van der Waals surface area contributed by atoms with Gasteiger partial charge in [-0.2, -0.15) is 0 Å². The molecule has 0 N–H and O–H groups in total. The molecule has 0 spiro atoms. The number of carbonyl (C=O) groups excluding carboxylic acids is 1. The molecule has 0 bridgehead atoms. The van der Waals surface area contributed by atoms with Gasteiger partial charge in [-0.05, 0) is 74.5 Å². The van der Waals surface area contributed by atoms with Crippen molar-refractivity contribution in [2.24, 2.45) is 11.8 Å². The highest BCUT2D eigenvalue weighted by atomic mass is 16.1. The first-order valence-corrected chi connectivity index (χ1v) is 18.2. The summed E-state index contributed by atoms with van der Waals surface area (Å²) < 4.78 is 2.28. The summed E-state index contributed by atoms with van der Waals surface area (Å²) in [7, 11) is 0. The first-order chi connectivity index (χ1) is 25.7. The Labute approximate surface area is 297 Å². The van der Waals surface area contributed by atoms with Gasteiger partial charge in [0.25, 0.3) is 0 Å². The molecule has 0 fully saturated rings. The van der Waals surface area contributed by atoms with Gasteiger partial charge in [0, 0.05) is 44.3 Å². The summed E-state index contributed by atoms with van der Waals surface area (Å²) in [4.78, 5) is 32.2. The van der Waals surface area contributed by atoms with Crippen molar-refractivity contribution in [3.8, 4) is 0 Å². The van der Waals surface area contributed by atoms with Crippen LogP contribution in [0.1, 0.15) is 27.4 Å². The molecule has 242 valence electrons. The van der Waals surface area contributed by atoms with E-state index in [0.29, 0.717) is 16.3 Å². The fraction of sp³-hybridized carbons (Fsp3) is 0.0833. The van der Waals surface area contributed by atoms with E-state index >= 15 is 0 Å². The number of hydrogen-bond acceptors (Lipinski definition) is 3. The number of allylic oxidation sites excluding steroid dienone is 6. The van der Waals surface area contributed by atoms with Gasteiger partial charge in [0.05, 0.1) is 39.9 Å². The SMILES string of the molecule is O=C1c2cc3c(cc2N2c4cccc5cc6ccccc6c(c45)C4=CC=CC1C42)c(=O)c1cccc2c4c5c(cccc5n3c21)=CC1C=CC=CC41. The van der Waals surface area contributed by atoms with E-state index in [1.807, 2.05) is 24.3 Å². The third-order valence-corrected chi connectivity index (χ3v) is 12.6. The quantitative estimate of drug-likeness (QED) is 0.120. The van der Waals surface area contributed by atoms with Crippen LogP contribution < -0.4 is 15.5 Å². The van der Waals surface area contributed by atoms with Gasteiger partial charge in [0.2, 0.25) is 0 Å². The number of benzene rings is 6. The van der Waals surface area contributed by atoms with E-state index < -0.39 is 0 Å². The van der Waals surface area contributed by atoms with Crippen molar-refractivity contribution in [1.29, 1.82) is 0 Å². The number of hydrogen-bond donors (Lipinski definition) is 0. The van der Waals surface area contributed by atoms with E-state index in [4.69, 9.17) is 0 Å². The van der Waals surface area contributed by atoms with Crippen molar-refractivity contribution in [3.63, 3.8) is 0 Å². The molecule has 4 atom stereocenters. The molecular formula is C48H28N2O2. The highest BCUT2D eigenvalue weighted by Crippen LogP contribution is 2.55. The average Bonchev–Trinajstić information content (AvgIpc) is 3.19. The molecule has 4 unspecified atom stereocenters. The molecule has 0 saturated carbocycles. The van der Waals surface area contributed by atoms with E-state index in [1.165, 1.54) is 43.3 Å². The van der Waals surface area contributed by atoms with E-state index in [-0.39, 0.29) is 35.0 Å². The van der Waals surface area contributed by atoms with E-state index in [9.17, 15) is 9.59 Å². The second-order valence-corrected chi connectivity index (χ2v) is 15.0. The predicted octanol–water partition coefficient (Wildman–Crippen LogP) is 9.69. The Morgan fingerprint density at radius 1 is 0.596 bits per heavy atom. The minimum atomic E-state index is -0.362. The van der Waals surface area contributed by atoms with Gasteiger partial charge in [0.1, 0.15) is 0 Å². The topological polar surface area (TPSA) is 41.8 Å². The van der Waals surface area contributed by atoms with Crippen LogP contribution in [0.15, 0.2) is 144 Å². The molecule has 4 heterocycles. The van der Waals surface area contributed by atoms with Gasteiger partial charge in [-0.3, -0.25) is 9.59 Å². The second-order valence-electron chi connectivity index (χ2n) is 15.0. The van der Waals surface area contributed by atoms with Gasteiger partial charge in [-0.15, -0.1) is 0 Å². The fourth-order valence-electron chi connectivity index (χ4n) is 10.6. The monoisotopic (exact) mass is 664 g/mol. The number of aromatic nitrogens is 1. The van der Waals surface area contributed by atoms with Gasteiger partial charge in [0.15, 0.2) is 11.2 Å². The Morgan fingerprint density at radius 2 is 1.40 bits per heavy atom. The maximum absolute atomic E-state index is 14.9. The summed E-state index contributed by atoms with van der Waals surface area (Å²) in [6, 6.07) is 33.9. The molecule has 52 heavy (non-hydrogen) atoms. The normalized spacial score (nSPS) is 22.0. The molecule has 4 nitrogen and oxygen atoms in total. The summed E-state index contributed by atoms with van der Waals surface area (Å²) in [5.74, 6) is 0.179. The Bertz CT molecular complexity index is 3320. The smallest absolute Gasteiger partial charge is 0.197 e. The molecule has 2 aliphatic heterocycles. The third kappa shape index (κ3) is 3.08.